The van der Waals surface area contributed by atoms with Gasteiger partial charge in [0.2, 0.25) is 5.91 Å². The molecule has 0 bridgehead atoms. The van der Waals surface area contributed by atoms with Gasteiger partial charge in [-0.3, -0.25) is 14.9 Å². The van der Waals surface area contributed by atoms with Gasteiger partial charge in [0, 0.05) is 30.8 Å². The molecule has 112 valence electrons. The zero-order valence-corrected chi connectivity index (χ0v) is 11.9. The van der Waals surface area contributed by atoms with E-state index < -0.39 is 4.92 Å². The number of hydrogen-bond donors (Lipinski definition) is 1. The molecular weight excluding hydrogens is 274 g/mol. The highest BCUT2D eigenvalue weighted by atomic mass is 16.6. The molecule has 1 aromatic carbocycles. The summed E-state index contributed by atoms with van der Waals surface area (Å²) in [6, 6.07) is 6.49. The molecule has 21 heavy (non-hydrogen) atoms. The maximum Gasteiger partial charge on any atom is 0.293 e. The molecular formula is C14H17N3O4. The van der Waals surface area contributed by atoms with Crippen LogP contribution in [0.4, 0.5) is 5.69 Å². The minimum absolute atomic E-state index is 0.00441. The quantitative estimate of drug-likeness (QED) is 0.648. The normalized spacial score (nSPS) is 12.3. The van der Waals surface area contributed by atoms with Crippen LogP contribution in [0.5, 0.6) is 0 Å². The number of amides is 1. The Bertz CT molecular complexity index is 665. The number of carbonyl (C=O) groups is 1. The predicted molar refractivity (Wildman–Crippen MR) is 78.1 cm³/mol. The fourth-order valence-electron chi connectivity index (χ4n) is 2.29. The molecule has 2 aromatic rings. The number of nitro benzene ring substituents is 1. The van der Waals surface area contributed by atoms with Crippen molar-refractivity contribution in [3.8, 4) is 0 Å². The molecule has 0 aliphatic heterocycles. The maximum absolute atomic E-state index is 12.0. The number of carbonyl (C=O) groups excluding carboxylic acids is 1. The van der Waals surface area contributed by atoms with Crippen molar-refractivity contribution in [2.24, 2.45) is 0 Å². The standard InChI is InChI=1S/C14H17N3O4/c1-10(9-21-2)15-13(18)8-16-7-6-11-4-3-5-12(14(11)16)17(19)20/h3-7,10H,8-9H2,1-2H3,(H,15,18). The van der Waals surface area contributed by atoms with Gasteiger partial charge < -0.3 is 14.6 Å². The van der Waals surface area contributed by atoms with Gasteiger partial charge in [0.15, 0.2) is 0 Å². The molecule has 0 saturated heterocycles. The zero-order valence-electron chi connectivity index (χ0n) is 11.9. The van der Waals surface area contributed by atoms with E-state index in [0.717, 1.165) is 5.39 Å². The van der Waals surface area contributed by atoms with Gasteiger partial charge in [0.1, 0.15) is 12.1 Å². The Kier molecular flexibility index (Phi) is 4.54. The summed E-state index contributed by atoms with van der Waals surface area (Å²) in [5.41, 5.74) is 0.451. The first-order valence-corrected chi connectivity index (χ1v) is 6.53. The summed E-state index contributed by atoms with van der Waals surface area (Å²) >= 11 is 0. The summed E-state index contributed by atoms with van der Waals surface area (Å²) in [5.74, 6) is -0.213. The first-order valence-electron chi connectivity index (χ1n) is 6.53. The van der Waals surface area contributed by atoms with E-state index in [1.165, 1.54) is 6.07 Å². The number of benzene rings is 1. The SMILES string of the molecule is COCC(C)NC(=O)Cn1ccc2cccc([N+](=O)[O-])c21. The molecule has 1 heterocycles. The maximum atomic E-state index is 12.0. The highest BCUT2D eigenvalue weighted by Crippen LogP contribution is 2.26. The van der Waals surface area contributed by atoms with Crippen LogP contribution in [0.3, 0.4) is 0 Å². The van der Waals surface area contributed by atoms with Crippen LogP contribution in [0.25, 0.3) is 10.9 Å². The number of nitrogens with zero attached hydrogens (tertiary/aromatic N) is 2. The van der Waals surface area contributed by atoms with Gasteiger partial charge in [-0.25, -0.2) is 0 Å². The summed E-state index contributed by atoms with van der Waals surface area (Å²) < 4.78 is 6.54. The van der Waals surface area contributed by atoms with Crippen molar-refractivity contribution < 1.29 is 14.5 Å². The topological polar surface area (TPSA) is 86.4 Å². The zero-order chi connectivity index (χ0) is 15.4. The molecule has 0 fully saturated rings. The first-order chi connectivity index (χ1) is 10.0. The summed E-state index contributed by atoms with van der Waals surface area (Å²) in [7, 11) is 1.56. The van der Waals surface area contributed by atoms with Gasteiger partial charge in [-0.15, -0.1) is 0 Å². The van der Waals surface area contributed by atoms with Crippen molar-refractivity contribution in [1.82, 2.24) is 9.88 Å². The van der Waals surface area contributed by atoms with Gasteiger partial charge in [-0.2, -0.15) is 0 Å². The number of ether oxygens (including phenoxy) is 1. The van der Waals surface area contributed by atoms with E-state index in [4.69, 9.17) is 4.74 Å². The minimum atomic E-state index is -0.440. The third-order valence-corrected chi connectivity index (χ3v) is 3.10. The molecule has 0 radical (unpaired) electrons. The highest BCUT2D eigenvalue weighted by molar-refractivity contribution is 5.90. The van der Waals surface area contributed by atoms with Crippen LogP contribution in [0.2, 0.25) is 0 Å². The lowest BCUT2D eigenvalue weighted by Gasteiger charge is -2.13. The van der Waals surface area contributed by atoms with Crippen LogP contribution in [0, 0.1) is 10.1 Å². The number of non-ortho nitro benzene ring substituents is 1. The summed E-state index contributed by atoms with van der Waals surface area (Å²) in [4.78, 5) is 22.6. The number of para-hydroxylation sites is 1. The van der Waals surface area contributed by atoms with E-state index in [2.05, 4.69) is 5.32 Å². The molecule has 0 spiro atoms. The average Bonchev–Trinajstić information content (AvgIpc) is 2.81. The van der Waals surface area contributed by atoms with Crippen molar-refractivity contribution in [1.29, 1.82) is 0 Å². The first kappa shape index (κ1) is 15.0. The molecule has 0 saturated carbocycles. The van der Waals surface area contributed by atoms with Crippen LogP contribution in [0.15, 0.2) is 30.5 Å². The molecule has 2 rings (SSSR count). The second-order valence-corrected chi connectivity index (χ2v) is 4.84. The Balaban J connectivity index is 2.23. The van der Waals surface area contributed by atoms with Gasteiger partial charge in [0.25, 0.3) is 5.69 Å². The summed E-state index contributed by atoms with van der Waals surface area (Å²) in [6.07, 6.45) is 1.68. The molecule has 1 N–H and O–H groups in total. The van der Waals surface area contributed by atoms with Gasteiger partial charge in [0.05, 0.1) is 11.5 Å². The van der Waals surface area contributed by atoms with E-state index >= 15 is 0 Å². The van der Waals surface area contributed by atoms with Crippen LogP contribution in [-0.4, -0.2) is 35.2 Å². The predicted octanol–water partition coefficient (Wildman–Crippen LogP) is 1.70. The number of aromatic nitrogens is 1. The lowest BCUT2D eigenvalue weighted by Crippen LogP contribution is -2.37. The molecule has 7 heteroatoms. The molecule has 7 nitrogen and oxygen atoms in total. The molecule has 1 amide bonds. The Morgan fingerprint density at radius 3 is 2.90 bits per heavy atom. The number of rotatable bonds is 6. The van der Waals surface area contributed by atoms with Crippen LogP contribution in [-0.2, 0) is 16.1 Å². The van der Waals surface area contributed by atoms with E-state index in [-0.39, 0.29) is 24.2 Å². The molecule has 1 aromatic heterocycles. The van der Waals surface area contributed by atoms with Crippen molar-refractivity contribution >= 4 is 22.5 Å². The summed E-state index contributed by atoms with van der Waals surface area (Å²) in [5, 5.41) is 14.6. The average molecular weight is 291 g/mol. The van der Waals surface area contributed by atoms with Gasteiger partial charge in [-0.1, -0.05) is 12.1 Å². The lowest BCUT2D eigenvalue weighted by molar-refractivity contribution is -0.383. The van der Waals surface area contributed by atoms with Crippen LogP contribution in [0.1, 0.15) is 6.92 Å². The smallest absolute Gasteiger partial charge is 0.293 e. The monoisotopic (exact) mass is 291 g/mol. The highest BCUT2D eigenvalue weighted by Gasteiger charge is 2.17. The number of nitrogens with one attached hydrogen (secondary N) is 1. The second kappa shape index (κ2) is 6.36. The third-order valence-electron chi connectivity index (χ3n) is 3.10. The molecule has 1 atom stereocenters. The van der Waals surface area contributed by atoms with Crippen LogP contribution < -0.4 is 5.32 Å². The Morgan fingerprint density at radius 2 is 2.24 bits per heavy atom. The van der Waals surface area contributed by atoms with E-state index in [0.29, 0.717) is 12.1 Å². The van der Waals surface area contributed by atoms with Crippen molar-refractivity contribution in [3.05, 3.63) is 40.6 Å². The van der Waals surface area contributed by atoms with Gasteiger partial charge in [-0.05, 0) is 13.0 Å². The molecule has 0 aliphatic rings. The van der Waals surface area contributed by atoms with E-state index in [9.17, 15) is 14.9 Å². The largest absolute Gasteiger partial charge is 0.383 e. The van der Waals surface area contributed by atoms with Crippen LogP contribution >= 0.6 is 0 Å². The Hall–Kier alpha value is -2.41. The van der Waals surface area contributed by atoms with E-state index in [1.807, 2.05) is 6.92 Å². The summed E-state index contributed by atoms with van der Waals surface area (Å²) in [6.45, 7) is 2.28. The number of fused-ring (bicyclic) bond motifs is 1. The molecule has 0 aliphatic carbocycles. The third kappa shape index (κ3) is 3.38. The number of hydrogen-bond acceptors (Lipinski definition) is 4. The molecule has 1 unspecified atom stereocenters. The van der Waals surface area contributed by atoms with Crippen molar-refractivity contribution in [3.63, 3.8) is 0 Å². The second-order valence-electron chi connectivity index (χ2n) is 4.84. The Labute approximate surface area is 121 Å². The fourth-order valence-corrected chi connectivity index (χ4v) is 2.29. The lowest BCUT2D eigenvalue weighted by atomic mass is 10.2. The Morgan fingerprint density at radius 1 is 1.48 bits per heavy atom. The van der Waals surface area contributed by atoms with E-state index in [1.54, 1.807) is 36.1 Å². The fraction of sp³-hybridized carbons (Fsp3) is 0.357. The number of nitro groups is 1. The van der Waals surface area contributed by atoms with Gasteiger partial charge >= 0.3 is 0 Å². The number of methoxy groups -OCH3 is 1. The van der Waals surface area contributed by atoms with Crippen molar-refractivity contribution in [2.75, 3.05) is 13.7 Å². The van der Waals surface area contributed by atoms with Crippen molar-refractivity contribution in [2.45, 2.75) is 19.5 Å². The minimum Gasteiger partial charge on any atom is -0.383 e.